The van der Waals surface area contributed by atoms with Crippen molar-refractivity contribution >= 4 is 40.8 Å². The fourth-order valence-corrected chi connectivity index (χ4v) is 3.35. The third-order valence-corrected chi connectivity index (χ3v) is 4.95. The molecule has 0 radical (unpaired) electrons. The first-order valence-corrected chi connectivity index (χ1v) is 9.56. The zero-order valence-corrected chi connectivity index (χ0v) is 17.7. The molecular weight excluding hydrogens is 398 g/mol. The van der Waals surface area contributed by atoms with Crippen molar-refractivity contribution < 1.29 is 28.5 Å². The number of nitrogens with zero attached hydrogens (tertiary/aromatic N) is 2. The predicted molar refractivity (Wildman–Crippen MR) is 115 cm³/mol. The van der Waals surface area contributed by atoms with Gasteiger partial charge in [0.15, 0.2) is 6.54 Å². The summed E-state index contributed by atoms with van der Waals surface area (Å²) in [5, 5.41) is 2.72. The standard InChI is InChI=1S/C23H21N3O5/c1-13(23(30)31-4)24-21(28)14(2)26-12-20-18(6-5-7-19(20)22(26)29)16-8-10-17(11-9-16)25-15(3)27/h5-11H,12H2,1-4H3/p+1. The minimum atomic E-state index is -0.706. The van der Waals surface area contributed by atoms with Crippen LogP contribution in [-0.4, -0.2) is 46.8 Å². The zero-order valence-electron chi connectivity index (χ0n) is 17.7. The van der Waals surface area contributed by atoms with Gasteiger partial charge in [0, 0.05) is 25.1 Å². The van der Waals surface area contributed by atoms with Gasteiger partial charge in [-0.25, -0.2) is 14.6 Å². The summed E-state index contributed by atoms with van der Waals surface area (Å²) >= 11 is 0. The van der Waals surface area contributed by atoms with Crippen molar-refractivity contribution in [2.75, 3.05) is 12.4 Å². The summed E-state index contributed by atoms with van der Waals surface area (Å²) in [6.07, 6.45) is 0. The van der Waals surface area contributed by atoms with E-state index in [0.717, 1.165) is 16.7 Å². The lowest BCUT2D eigenvalue weighted by molar-refractivity contribution is -0.437. The first-order valence-electron chi connectivity index (χ1n) is 9.56. The molecule has 1 aliphatic heterocycles. The molecule has 158 valence electrons. The number of aliphatic imine (C=N–C) groups is 1. The molecule has 0 saturated heterocycles. The summed E-state index contributed by atoms with van der Waals surface area (Å²) in [6.45, 7) is 4.53. The van der Waals surface area contributed by atoms with Crippen molar-refractivity contribution in [2.24, 2.45) is 4.99 Å². The van der Waals surface area contributed by atoms with Gasteiger partial charge < -0.3 is 10.1 Å². The Balaban J connectivity index is 1.96. The molecule has 0 aromatic heterocycles. The number of carbonyl (C=O) groups excluding carboxylic acids is 4. The molecule has 8 nitrogen and oxygen atoms in total. The lowest BCUT2D eigenvalue weighted by Crippen LogP contribution is -2.27. The van der Waals surface area contributed by atoms with Gasteiger partial charge in [0.25, 0.3) is 0 Å². The van der Waals surface area contributed by atoms with Crippen LogP contribution in [0.2, 0.25) is 0 Å². The predicted octanol–water partition coefficient (Wildman–Crippen LogP) is 2.60. The van der Waals surface area contributed by atoms with E-state index in [0.29, 0.717) is 11.3 Å². The molecule has 2 aromatic rings. The molecule has 0 saturated carbocycles. The zero-order chi connectivity index (χ0) is 22.7. The third-order valence-electron chi connectivity index (χ3n) is 4.95. The number of amides is 3. The number of nitrogens with one attached hydrogen (secondary N) is 1. The van der Waals surface area contributed by atoms with Crippen LogP contribution in [-0.2, 0) is 25.7 Å². The van der Waals surface area contributed by atoms with Gasteiger partial charge in [-0.15, -0.1) is 0 Å². The number of esters is 1. The van der Waals surface area contributed by atoms with Crippen LogP contribution in [0.3, 0.4) is 0 Å². The molecule has 3 rings (SSSR count). The monoisotopic (exact) mass is 420 g/mol. The van der Waals surface area contributed by atoms with Crippen LogP contribution in [0, 0.1) is 0 Å². The Labute approximate surface area is 179 Å². The highest BCUT2D eigenvalue weighted by atomic mass is 16.5. The van der Waals surface area contributed by atoms with Gasteiger partial charge in [-0.3, -0.25) is 9.59 Å². The van der Waals surface area contributed by atoms with E-state index < -0.39 is 11.9 Å². The molecule has 1 N–H and O–H groups in total. The average molecular weight is 420 g/mol. The number of benzene rings is 2. The number of ether oxygens (including phenoxy) is 1. The Hall–Kier alpha value is -3.94. The number of methoxy groups -OCH3 is 1. The van der Waals surface area contributed by atoms with E-state index >= 15 is 0 Å². The molecular formula is C23H22N3O5+. The third kappa shape index (κ3) is 4.48. The summed E-state index contributed by atoms with van der Waals surface area (Å²) in [5.41, 5.74) is 3.74. The summed E-state index contributed by atoms with van der Waals surface area (Å²) in [7, 11) is 1.20. The maximum Gasteiger partial charge on any atom is 0.420 e. The van der Waals surface area contributed by atoms with E-state index in [9.17, 15) is 19.2 Å². The lowest BCUT2D eigenvalue weighted by Gasteiger charge is -2.07. The van der Waals surface area contributed by atoms with Gasteiger partial charge in [-0.1, -0.05) is 24.3 Å². The Morgan fingerprint density at radius 1 is 1.00 bits per heavy atom. The number of hydrogen-bond donors (Lipinski definition) is 1. The maximum absolute atomic E-state index is 12.9. The van der Waals surface area contributed by atoms with Crippen LogP contribution < -0.4 is 5.32 Å². The van der Waals surface area contributed by atoms with E-state index in [2.05, 4.69) is 15.0 Å². The largest absolute Gasteiger partial charge is 0.465 e. The highest BCUT2D eigenvalue weighted by Crippen LogP contribution is 2.32. The van der Waals surface area contributed by atoms with Crippen molar-refractivity contribution in [3.8, 4) is 11.1 Å². The Morgan fingerprint density at radius 2 is 1.65 bits per heavy atom. The van der Waals surface area contributed by atoms with Crippen LogP contribution >= 0.6 is 0 Å². The number of hydrogen-bond acceptors (Lipinski definition) is 5. The molecule has 0 bridgehead atoms. The smallest absolute Gasteiger partial charge is 0.420 e. The van der Waals surface area contributed by atoms with Crippen LogP contribution in [0.1, 0.15) is 36.7 Å². The summed E-state index contributed by atoms with van der Waals surface area (Å²) in [5.74, 6) is -1.84. The molecule has 3 amide bonds. The van der Waals surface area contributed by atoms with Gasteiger partial charge in [0.2, 0.25) is 11.6 Å². The first-order chi connectivity index (χ1) is 14.7. The normalized spacial score (nSPS) is 14.7. The van der Waals surface area contributed by atoms with E-state index in [1.54, 1.807) is 24.3 Å². The summed E-state index contributed by atoms with van der Waals surface area (Å²) in [4.78, 5) is 51.9. The molecule has 0 unspecified atom stereocenters. The van der Waals surface area contributed by atoms with Crippen molar-refractivity contribution in [2.45, 2.75) is 27.3 Å². The number of rotatable bonds is 4. The molecule has 0 atom stereocenters. The minimum Gasteiger partial charge on any atom is -0.465 e. The van der Waals surface area contributed by atoms with Crippen molar-refractivity contribution in [1.82, 2.24) is 0 Å². The molecule has 1 heterocycles. The molecule has 0 fully saturated rings. The average Bonchev–Trinajstić information content (AvgIpc) is 3.09. The highest BCUT2D eigenvalue weighted by Gasteiger charge is 2.38. The molecule has 8 heteroatoms. The van der Waals surface area contributed by atoms with Gasteiger partial charge in [-0.2, -0.15) is 4.58 Å². The highest BCUT2D eigenvalue weighted by molar-refractivity contribution is 6.44. The number of fused-ring (bicyclic) bond motifs is 1. The Kier molecular flexibility index (Phi) is 6.20. The van der Waals surface area contributed by atoms with Crippen molar-refractivity contribution in [3.63, 3.8) is 0 Å². The van der Waals surface area contributed by atoms with Crippen molar-refractivity contribution in [1.29, 1.82) is 0 Å². The topological polar surface area (TPSA) is 105 Å². The second-order valence-electron chi connectivity index (χ2n) is 7.06. The fourth-order valence-electron chi connectivity index (χ4n) is 3.35. The second kappa shape index (κ2) is 8.83. The van der Waals surface area contributed by atoms with Gasteiger partial charge in [0.1, 0.15) is 11.3 Å². The van der Waals surface area contributed by atoms with Gasteiger partial charge in [-0.05, 0) is 36.2 Å². The second-order valence-corrected chi connectivity index (χ2v) is 7.06. The van der Waals surface area contributed by atoms with Crippen LogP contribution in [0.25, 0.3) is 11.1 Å². The molecule has 1 aliphatic rings. The maximum atomic E-state index is 12.9. The molecule has 0 aliphatic carbocycles. The lowest BCUT2D eigenvalue weighted by atomic mass is 9.97. The van der Waals surface area contributed by atoms with Gasteiger partial charge >= 0.3 is 17.8 Å². The van der Waals surface area contributed by atoms with E-state index in [1.165, 1.54) is 32.5 Å². The Bertz CT molecular complexity index is 1160. The summed E-state index contributed by atoms with van der Waals surface area (Å²) < 4.78 is 5.91. The summed E-state index contributed by atoms with van der Waals surface area (Å²) in [6, 6.07) is 12.7. The van der Waals surface area contributed by atoms with Crippen molar-refractivity contribution in [3.05, 3.63) is 53.6 Å². The Morgan fingerprint density at radius 3 is 2.26 bits per heavy atom. The SMILES string of the molecule is COC(=O)C(C)=NC(=O)C(C)=[N+]1Cc2c(cccc2-c2ccc(NC(C)=O)cc2)C1=O. The van der Waals surface area contributed by atoms with E-state index in [1.807, 2.05) is 18.2 Å². The van der Waals surface area contributed by atoms with Gasteiger partial charge in [0.05, 0.1) is 7.11 Å². The molecule has 31 heavy (non-hydrogen) atoms. The van der Waals surface area contributed by atoms with Crippen LogP contribution in [0.15, 0.2) is 47.5 Å². The molecule has 0 spiro atoms. The quantitative estimate of drug-likeness (QED) is 0.465. The molecule has 2 aromatic carbocycles. The van der Waals surface area contributed by atoms with Crippen LogP contribution in [0.5, 0.6) is 0 Å². The van der Waals surface area contributed by atoms with Crippen LogP contribution in [0.4, 0.5) is 5.69 Å². The van der Waals surface area contributed by atoms with E-state index in [-0.39, 0.29) is 29.8 Å². The number of anilines is 1. The minimum absolute atomic E-state index is 0.0871. The van der Waals surface area contributed by atoms with E-state index in [4.69, 9.17) is 0 Å². The number of carbonyl (C=O) groups is 4. The first kappa shape index (κ1) is 21.8. The fraction of sp³-hybridized carbons (Fsp3) is 0.217.